The van der Waals surface area contributed by atoms with Gasteiger partial charge in [0.25, 0.3) is 0 Å². The number of aromatic hydroxyl groups is 1. The monoisotopic (exact) mass is 166 g/mol. The maximum Gasteiger partial charge on any atom is 0.168 e. The fraction of sp³-hybridized carbons (Fsp3) is 0.125. The first-order valence-electron chi connectivity index (χ1n) is 3.37. The van der Waals surface area contributed by atoms with Gasteiger partial charge in [-0.25, -0.2) is 0 Å². The van der Waals surface area contributed by atoms with E-state index in [0.717, 1.165) is 0 Å². The third kappa shape index (κ3) is 1.32. The summed E-state index contributed by atoms with van der Waals surface area (Å²) in [6, 6.07) is 4.82. The van der Waals surface area contributed by atoms with Crippen LogP contribution in [0, 0.1) is 5.41 Å². The van der Waals surface area contributed by atoms with Crippen LogP contribution in [0.1, 0.15) is 5.56 Å². The van der Waals surface area contributed by atoms with Gasteiger partial charge in [-0.1, -0.05) is 6.07 Å². The predicted octanol–water partition coefficient (Wildman–Crippen LogP) is 0.685. The van der Waals surface area contributed by atoms with Gasteiger partial charge in [0.2, 0.25) is 0 Å². The van der Waals surface area contributed by atoms with Crippen LogP contribution in [-0.4, -0.2) is 18.1 Å². The molecule has 0 spiro atoms. The molecule has 12 heavy (non-hydrogen) atoms. The number of hydrogen-bond donors (Lipinski definition) is 3. The van der Waals surface area contributed by atoms with E-state index in [1.165, 1.54) is 7.11 Å². The van der Waals surface area contributed by atoms with Gasteiger partial charge in [-0.15, -0.1) is 0 Å². The molecule has 4 heteroatoms. The molecule has 0 aromatic heterocycles. The number of ether oxygens (including phenoxy) is 1. The van der Waals surface area contributed by atoms with Gasteiger partial charge in [-0.3, -0.25) is 5.41 Å². The lowest BCUT2D eigenvalue weighted by atomic mass is 10.2. The number of nitrogens with two attached hydrogens (primary N) is 1. The molecule has 1 rings (SSSR count). The Morgan fingerprint density at radius 1 is 1.58 bits per heavy atom. The summed E-state index contributed by atoms with van der Waals surface area (Å²) in [6.07, 6.45) is 0. The number of methoxy groups -OCH3 is 1. The maximum atomic E-state index is 9.41. The zero-order valence-electron chi connectivity index (χ0n) is 6.66. The molecule has 0 fully saturated rings. The Kier molecular flexibility index (Phi) is 2.19. The van der Waals surface area contributed by atoms with Crippen LogP contribution in [0.4, 0.5) is 0 Å². The third-order valence-electron chi connectivity index (χ3n) is 1.51. The lowest BCUT2D eigenvalue weighted by Gasteiger charge is -2.06. The van der Waals surface area contributed by atoms with Crippen LogP contribution in [0.5, 0.6) is 11.5 Å². The van der Waals surface area contributed by atoms with E-state index in [1.807, 2.05) is 0 Å². The first-order valence-corrected chi connectivity index (χ1v) is 3.37. The summed E-state index contributed by atoms with van der Waals surface area (Å²) in [5.41, 5.74) is 5.49. The van der Waals surface area contributed by atoms with Gasteiger partial charge >= 0.3 is 0 Å². The zero-order valence-corrected chi connectivity index (χ0v) is 6.66. The van der Waals surface area contributed by atoms with E-state index in [9.17, 15) is 5.11 Å². The average Bonchev–Trinajstić information content (AvgIpc) is 2.04. The summed E-state index contributed by atoms with van der Waals surface area (Å²) < 4.78 is 4.83. The normalized spacial score (nSPS) is 9.42. The number of phenols is 1. The van der Waals surface area contributed by atoms with Crippen molar-refractivity contribution in [3.8, 4) is 11.5 Å². The molecule has 64 valence electrons. The van der Waals surface area contributed by atoms with Crippen molar-refractivity contribution >= 4 is 5.84 Å². The van der Waals surface area contributed by atoms with E-state index >= 15 is 0 Å². The topological polar surface area (TPSA) is 79.3 Å². The molecule has 4 nitrogen and oxygen atoms in total. The second kappa shape index (κ2) is 3.13. The lowest BCUT2D eigenvalue weighted by molar-refractivity contribution is 0.373. The number of nitrogen functional groups attached to an aromatic ring is 1. The van der Waals surface area contributed by atoms with Gasteiger partial charge in [0.1, 0.15) is 5.84 Å². The molecule has 0 saturated carbocycles. The highest BCUT2D eigenvalue weighted by Crippen LogP contribution is 2.28. The van der Waals surface area contributed by atoms with Crippen LogP contribution in [0.15, 0.2) is 18.2 Å². The molecule has 0 amide bonds. The molecule has 0 aliphatic carbocycles. The van der Waals surface area contributed by atoms with E-state index in [0.29, 0.717) is 5.75 Å². The van der Waals surface area contributed by atoms with Crippen molar-refractivity contribution in [2.45, 2.75) is 0 Å². The SMILES string of the molecule is COc1cccc(C(=N)N)c1O. The minimum atomic E-state index is -0.175. The molecule has 4 N–H and O–H groups in total. The molecule has 0 aliphatic rings. The lowest BCUT2D eigenvalue weighted by Crippen LogP contribution is -2.11. The van der Waals surface area contributed by atoms with Crippen LogP contribution >= 0.6 is 0 Å². The summed E-state index contributed by atoms with van der Waals surface area (Å²) in [7, 11) is 1.44. The fourth-order valence-corrected chi connectivity index (χ4v) is 0.904. The highest BCUT2D eigenvalue weighted by Gasteiger charge is 2.08. The number of para-hydroxylation sites is 1. The quantitative estimate of drug-likeness (QED) is 0.446. The Balaban J connectivity index is 3.23. The zero-order chi connectivity index (χ0) is 9.14. The molecular weight excluding hydrogens is 156 g/mol. The van der Waals surface area contributed by atoms with E-state index in [1.54, 1.807) is 18.2 Å². The minimum Gasteiger partial charge on any atom is -0.504 e. The number of nitrogens with one attached hydrogen (secondary N) is 1. The molecule has 1 aromatic carbocycles. The summed E-state index contributed by atoms with van der Waals surface area (Å²) >= 11 is 0. The Morgan fingerprint density at radius 3 is 2.75 bits per heavy atom. The van der Waals surface area contributed by atoms with Crippen LogP contribution < -0.4 is 10.5 Å². The van der Waals surface area contributed by atoms with E-state index in [-0.39, 0.29) is 17.1 Å². The summed E-state index contributed by atoms with van der Waals surface area (Å²) in [5, 5.41) is 16.5. The smallest absolute Gasteiger partial charge is 0.168 e. The van der Waals surface area contributed by atoms with Crippen LogP contribution in [-0.2, 0) is 0 Å². The Labute approximate surface area is 70.1 Å². The van der Waals surface area contributed by atoms with Crippen molar-refractivity contribution in [3.05, 3.63) is 23.8 Å². The van der Waals surface area contributed by atoms with Gasteiger partial charge < -0.3 is 15.6 Å². The second-order valence-electron chi connectivity index (χ2n) is 2.27. The van der Waals surface area contributed by atoms with Crippen LogP contribution in [0.3, 0.4) is 0 Å². The molecule has 0 heterocycles. The van der Waals surface area contributed by atoms with Crippen molar-refractivity contribution in [1.82, 2.24) is 0 Å². The molecule has 0 aliphatic heterocycles. The number of amidine groups is 1. The highest BCUT2D eigenvalue weighted by atomic mass is 16.5. The van der Waals surface area contributed by atoms with E-state index < -0.39 is 0 Å². The van der Waals surface area contributed by atoms with Crippen molar-refractivity contribution in [1.29, 1.82) is 5.41 Å². The Morgan fingerprint density at radius 2 is 2.25 bits per heavy atom. The summed E-state index contributed by atoms with van der Waals surface area (Å²) in [5.74, 6) is 0.0570. The van der Waals surface area contributed by atoms with Gasteiger partial charge in [0.05, 0.1) is 12.7 Å². The maximum absolute atomic E-state index is 9.41. The summed E-state index contributed by atoms with van der Waals surface area (Å²) in [6.45, 7) is 0. The number of rotatable bonds is 2. The third-order valence-corrected chi connectivity index (χ3v) is 1.51. The van der Waals surface area contributed by atoms with Gasteiger partial charge in [-0.05, 0) is 12.1 Å². The van der Waals surface area contributed by atoms with E-state index in [4.69, 9.17) is 15.9 Å². The van der Waals surface area contributed by atoms with Crippen LogP contribution in [0.25, 0.3) is 0 Å². The number of hydrogen-bond acceptors (Lipinski definition) is 3. The number of benzene rings is 1. The molecule has 0 atom stereocenters. The standard InChI is InChI=1S/C8H10N2O2/c1-12-6-4-2-3-5(7(6)11)8(9)10/h2-4,11H,1H3,(H3,9,10). The van der Waals surface area contributed by atoms with Gasteiger partial charge in [0.15, 0.2) is 11.5 Å². The van der Waals surface area contributed by atoms with Crippen LogP contribution in [0.2, 0.25) is 0 Å². The largest absolute Gasteiger partial charge is 0.504 e. The molecule has 0 unspecified atom stereocenters. The Bertz CT molecular complexity index is 310. The van der Waals surface area contributed by atoms with Gasteiger partial charge in [0, 0.05) is 0 Å². The van der Waals surface area contributed by atoms with Crippen molar-refractivity contribution in [2.24, 2.45) is 5.73 Å². The second-order valence-corrected chi connectivity index (χ2v) is 2.27. The molecule has 1 aromatic rings. The van der Waals surface area contributed by atoms with Crippen molar-refractivity contribution in [3.63, 3.8) is 0 Å². The molecule has 0 bridgehead atoms. The summed E-state index contributed by atoms with van der Waals surface area (Å²) in [4.78, 5) is 0. The van der Waals surface area contributed by atoms with Crippen molar-refractivity contribution < 1.29 is 9.84 Å². The Hall–Kier alpha value is -1.71. The first kappa shape index (κ1) is 8.39. The van der Waals surface area contributed by atoms with E-state index in [2.05, 4.69) is 0 Å². The molecule has 0 saturated heterocycles. The molecular formula is C8H10N2O2. The van der Waals surface area contributed by atoms with Gasteiger partial charge in [-0.2, -0.15) is 0 Å². The average molecular weight is 166 g/mol. The van der Waals surface area contributed by atoms with Crippen molar-refractivity contribution in [2.75, 3.05) is 7.11 Å². The predicted molar refractivity (Wildman–Crippen MR) is 45.7 cm³/mol. The minimum absolute atomic E-state index is 0.0903. The first-order chi connectivity index (χ1) is 5.66. The molecule has 0 radical (unpaired) electrons. The highest BCUT2D eigenvalue weighted by molar-refractivity contribution is 5.98. The fourth-order valence-electron chi connectivity index (χ4n) is 0.904. The number of phenolic OH excluding ortho intramolecular Hbond substituents is 1.